The Hall–Kier alpha value is -2.38. The van der Waals surface area contributed by atoms with Crippen molar-refractivity contribution in [2.75, 3.05) is 18.6 Å². The lowest BCUT2D eigenvalue weighted by Gasteiger charge is -2.34. The van der Waals surface area contributed by atoms with E-state index in [-0.39, 0.29) is 11.2 Å². The van der Waals surface area contributed by atoms with Gasteiger partial charge in [0.25, 0.3) is 0 Å². The topological polar surface area (TPSA) is 71.1 Å². The van der Waals surface area contributed by atoms with Crippen molar-refractivity contribution in [3.63, 3.8) is 0 Å². The monoisotopic (exact) mass is 402 g/mol. The molecule has 1 aliphatic heterocycles. The van der Waals surface area contributed by atoms with Gasteiger partial charge in [-0.25, -0.2) is 14.8 Å². The Kier molecular flexibility index (Phi) is 5.13. The minimum absolute atomic E-state index is 0.0731. The molecule has 1 atom stereocenters. The molecule has 0 unspecified atom stereocenters. The lowest BCUT2D eigenvalue weighted by atomic mass is 10.0. The molecule has 3 aromatic rings. The fraction of sp³-hybridized carbons (Fsp3) is 0.316. The molecule has 2 aromatic heterocycles. The Labute approximate surface area is 166 Å². The van der Waals surface area contributed by atoms with Gasteiger partial charge in [-0.05, 0) is 24.8 Å². The summed E-state index contributed by atoms with van der Waals surface area (Å²) in [7, 11) is 1.34. The molecule has 140 valence electrons. The van der Waals surface area contributed by atoms with Gasteiger partial charge in [-0.1, -0.05) is 53.3 Å². The number of anilines is 1. The number of thiazole rings is 1. The van der Waals surface area contributed by atoms with Crippen LogP contribution in [0.1, 0.15) is 40.8 Å². The van der Waals surface area contributed by atoms with Gasteiger partial charge in [-0.15, -0.1) is 0 Å². The molecule has 1 aromatic carbocycles. The molecule has 1 N–H and O–H groups in total. The summed E-state index contributed by atoms with van der Waals surface area (Å²) in [5.74, 6) is 0.446. The standard InChI is InChI=1S/C19H19ClN4O2S/c1-26-18(25)15-16(20)23-19(27-15)24-10-6-5-9-14(24)17-21-11-13(22-17)12-7-3-2-4-8-12/h2-4,7-8,11,14H,5-6,9-10H2,1H3,(H,21,22)/t14-/m1/s1. The Bertz CT molecular complexity index is 940. The van der Waals surface area contributed by atoms with Crippen LogP contribution in [-0.4, -0.2) is 34.6 Å². The highest BCUT2D eigenvalue weighted by atomic mass is 35.5. The van der Waals surface area contributed by atoms with Crippen LogP contribution in [-0.2, 0) is 4.74 Å². The van der Waals surface area contributed by atoms with Gasteiger partial charge in [-0.2, -0.15) is 0 Å². The summed E-state index contributed by atoms with van der Waals surface area (Å²) in [5, 5.41) is 0.915. The maximum atomic E-state index is 11.9. The van der Waals surface area contributed by atoms with Crippen LogP contribution in [0.2, 0.25) is 5.15 Å². The highest BCUT2D eigenvalue weighted by molar-refractivity contribution is 7.18. The quantitative estimate of drug-likeness (QED) is 0.640. The number of hydrogen-bond acceptors (Lipinski definition) is 6. The van der Waals surface area contributed by atoms with E-state index in [0.29, 0.717) is 4.88 Å². The van der Waals surface area contributed by atoms with E-state index in [2.05, 4.69) is 32.0 Å². The van der Waals surface area contributed by atoms with E-state index in [4.69, 9.17) is 16.3 Å². The first-order valence-corrected chi connectivity index (χ1v) is 9.98. The number of rotatable bonds is 4. The molecule has 0 saturated carbocycles. The highest BCUT2D eigenvalue weighted by Crippen LogP contribution is 2.38. The van der Waals surface area contributed by atoms with Crippen LogP contribution >= 0.6 is 22.9 Å². The lowest BCUT2D eigenvalue weighted by Crippen LogP contribution is -2.33. The number of halogens is 1. The third-order valence-electron chi connectivity index (χ3n) is 4.69. The van der Waals surface area contributed by atoms with Crippen LogP contribution in [0.25, 0.3) is 11.3 Å². The molecule has 0 radical (unpaired) electrons. The summed E-state index contributed by atoms with van der Waals surface area (Å²) >= 11 is 7.43. The van der Waals surface area contributed by atoms with Crippen LogP contribution in [0.4, 0.5) is 5.13 Å². The number of imidazole rings is 1. The predicted molar refractivity (Wildman–Crippen MR) is 106 cm³/mol. The minimum Gasteiger partial charge on any atom is -0.465 e. The summed E-state index contributed by atoms with van der Waals surface area (Å²) in [6.07, 6.45) is 5.01. The molecule has 4 rings (SSSR count). The van der Waals surface area contributed by atoms with E-state index in [9.17, 15) is 4.79 Å². The largest absolute Gasteiger partial charge is 0.465 e. The summed E-state index contributed by atoms with van der Waals surface area (Å²) < 4.78 is 4.79. The average molecular weight is 403 g/mol. The van der Waals surface area contributed by atoms with E-state index >= 15 is 0 Å². The Morgan fingerprint density at radius 1 is 1.33 bits per heavy atom. The zero-order valence-electron chi connectivity index (χ0n) is 14.8. The number of carbonyl (C=O) groups is 1. The fourth-order valence-corrected chi connectivity index (χ4v) is 4.62. The number of hydrogen-bond donors (Lipinski definition) is 1. The number of H-pyrrole nitrogens is 1. The zero-order valence-corrected chi connectivity index (χ0v) is 16.4. The number of benzene rings is 1. The molecule has 1 saturated heterocycles. The van der Waals surface area contributed by atoms with Gasteiger partial charge in [0.2, 0.25) is 0 Å². The van der Waals surface area contributed by atoms with Crippen molar-refractivity contribution in [3.8, 4) is 11.3 Å². The van der Waals surface area contributed by atoms with E-state index in [1.54, 1.807) is 0 Å². The normalized spacial score (nSPS) is 17.1. The SMILES string of the molecule is COC(=O)c1sc(N2CCCC[C@@H]2c2ncc(-c3ccccc3)[nH]2)nc1Cl. The van der Waals surface area contributed by atoms with E-state index in [1.807, 2.05) is 24.4 Å². The molecule has 27 heavy (non-hydrogen) atoms. The maximum absolute atomic E-state index is 11.9. The van der Waals surface area contributed by atoms with E-state index in [1.165, 1.54) is 18.4 Å². The summed E-state index contributed by atoms with van der Waals surface area (Å²) in [5.41, 5.74) is 2.09. The number of aromatic nitrogens is 3. The molecule has 1 aliphatic rings. The van der Waals surface area contributed by atoms with Gasteiger partial charge in [0, 0.05) is 6.54 Å². The van der Waals surface area contributed by atoms with Gasteiger partial charge < -0.3 is 14.6 Å². The van der Waals surface area contributed by atoms with Crippen molar-refractivity contribution in [2.24, 2.45) is 0 Å². The molecule has 0 aliphatic carbocycles. The Morgan fingerprint density at radius 2 is 2.15 bits per heavy atom. The van der Waals surface area contributed by atoms with Crippen LogP contribution in [0.5, 0.6) is 0 Å². The first-order valence-electron chi connectivity index (χ1n) is 8.79. The first-order chi connectivity index (χ1) is 13.2. The molecule has 0 bridgehead atoms. The van der Waals surface area contributed by atoms with Gasteiger partial charge in [0.05, 0.1) is 25.0 Å². The first kappa shape index (κ1) is 18.0. The number of piperidine rings is 1. The van der Waals surface area contributed by atoms with Crippen molar-refractivity contribution in [3.05, 3.63) is 52.4 Å². The second-order valence-electron chi connectivity index (χ2n) is 6.36. The zero-order chi connectivity index (χ0) is 18.8. The van der Waals surface area contributed by atoms with Gasteiger partial charge in [0.1, 0.15) is 5.82 Å². The third kappa shape index (κ3) is 3.57. The maximum Gasteiger partial charge on any atom is 0.351 e. The van der Waals surface area contributed by atoms with Crippen molar-refractivity contribution in [2.45, 2.75) is 25.3 Å². The smallest absolute Gasteiger partial charge is 0.351 e. The van der Waals surface area contributed by atoms with Crippen molar-refractivity contribution in [1.82, 2.24) is 15.0 Å². The van der Waals surface area contributed by atoms with Gasteiger partial charge >= 0.3 is 5.97 Å². The molecule has 6 nitrogen and oxygen atoms in total. The van der Waals surface area contributed by atoms with Crippen LogP contribution in [0.3, 0.4) is 0 Å². The summed E-state index contributed by atoms with van der Waals surface area (Å²) in [4.78, 5) is 26.9. The Morgan fingerprint density at radius 3 is 2.93 bits per heavy atom. The van der Waals surface area contributed by atoms with Crippen LogP contribution < -0.4 is 4.90 Å². The summed E-state index contributed by atoms with van der Waals surface area (Å²) in [6.45, 7) is 0.844. The molecule has 0 amide bonds. The molecule has 3 heterocycles. The molecular weight excluding hydrogens is 384 g/mol. The lowest BCUT2D eigenvalue weighted by molar-refractivity contribution is 0.0606. The van der Waals surface area contributed by atoms with Crippen molar-refractivity contribution in [1.29, 1.82) is 0 Å². The second-order valence-corrected chi connectivity index (χ2v) is 7.70. The van der Waals surface area contributed by atoms with Crippen molar-refractivity contribution >= 4 is 34.0 Å². The molecule has 8 heteroatoms. The van der Waals surface area contributed by atoms with Gasteiger partial charge in [0.15, 0.2) is 15.2 Å². The number of nitrogens with one attached hydrogen (secondary N) is 1. The molecule has 0 spiro atoms. The second kappa shape index (κ2) is 7.70. The van der Waals surface area contributed by atoms with Crippen molar-refractivity contribution < 1.29 is 9.53 Å². The number of nitrogens with zero attached hydrogens (tertiary/aromatic N) is 3. The number of ether oxygens (including phenoxy) is 1. The predicted octanol–water partition coefficient (Wildman–Crippen LogP) is 4.70. The Balaban J connectivity index is 1.64. The molecule has 1 fully saturated rings. The summed E-state index contributed by atoms with van der Waals surface area (Å²) in [6, 6.07) is 10.2. The highest BCUT2D eigenvalue weighted by Gasteiger charge is 2.30. The number of methoxy groups -OCH3 is 1. The van der Waals surface area contributed by atoms with Gasteiger partial charge in [-0.3, -0.25) is 0 Å². The molecular formula is C19H19ClN4O2S. The average Bonchev–Trinajstić information content (AvgIpc) is 3.35. The fourth-order valence-electron chi connectivity index (χ4n) is 3.35. The van der Waals surface area contributed by atoms with Crippen LogP contribution in [0, 0.1) is 0 Å². The number of esters is 1. The van der Waals surface area contributed by atoms with E-state index in [0.717, 1.165) is 48.0 Å². The third-order valence-corrected chi connectivity index (χ3v) is 6.15. The number of aromatic amines is 1. The minimum atomic E-state index is -0.457. The van der Waals surface area contributed by atoms with E-state index < -0.39 is 5.97 Å². The van der Waals surface area contributed by atoms with Crippen LogP contribution in [0.15, 0.2) is 36.5 Å². The number of carbonyl (C=O) groups excluding carboxylic acids is 1.